The van der Waals surface area contributed by atoms with E-state index >= 15 is 0 Å². The predicted octanol–water partition coefficient (Wildman–Crippen LogP) is 3.20. The molecular weight excluding hydrogens is 228 g/mol. The molecule has 1 aliphatic rings. The normalized spacial score (nSPS) is 21.6. The number of rotatable bonds is 3. The highest BCUT2D eigenvalue weighted by molar-refractivity contribution is 5.78. The number of hydrogen-bond donors (Lipinski definition) is 1. The lowest BCUT2D eigenvalue weighted by atomic mass is 9.99. The summed E-state index contributed by atoms with van der Waals surface area (Å²) in [5.41, 5.74) is 2.05. The summed E-state index contributed by atoms with van der Waals surface area (Å²) in [6, 6.07) is 8.00. The second-order valence-corrected chi connectivity index (χ2v) is 5.17. The van der Waals surface area contributed by atoms with Crippen molar-refractivity contribution in [1.82, 2.24) is 0 Å². The van der Waals surface area contributed by atoms with Crippen molar-refractivity contribution < 1.29 is 14.3 Å². The van der Waals surface area contributed by atoms with Crippen LogP contribution in [0.1, 0.15) is 30.3 Å². The van der Waals surface area contributed by atoms with Crippen molar-refractivity contribution in [3.63, 3.8) is 0 Å². The maximum atomic E-state index is 10.2. The van der Waals surface area contributed by atoms with Gasteiger partial charge in [-0.1, -0.05) is 11.6 Å². The van der Waals surface area contributed by atoms with E-state index < -0.39 is 6.10 Å². The van der Waals surface area contributed by atoms with Gasteiger partial charge >= 0.3 is 0 Å². The highest BCUT2D eigenvalue weighted by atomic mass is 16.5. The Balaban J connectivity index is 1.80. The quantitative estimate of drug-likeness (QED) is 0.904. The van der Waals surface area contributed by atoms with E-state index in [1.807, 2.05) is 18.2 Å². The molecule has 18 heavy (non-hydrogen) atoms. The molecule has 2 aromatic rings. The molecule has 1 saturated heterocycles. The minimum Gasteiger partial charge on any atom is -0.458 e. The Morgan fingerprint density at radius 3 is 3.06 bits per heavy atom. The van der Waals surface area contributed by atoms with Crippen LogP contribution in [0.2, 0.25) is 0 Å². The molecule has 0 spiro atoms. The molecule has 0 saturated carbocycles. The Labute approximate surface area is 106 Å². The lowest BCUT2D eigenvalue weighted by Gasteiger charge is -2.11. The van der Waals surface area contributed by atoms with E-state index in [4.69, 9.17) is 9.15 Å². The molecule has 1 aromatic heterocycles. The molecule has 1 aliphatic heterocycles. The number of benzene rings is 1. The van der Waals surface area contributed by atoms with Crippen molar-refractivity contribution in [2.24, 2.45) is 5.92 Å². The molecule has 3 heteroatoms. The fourth-order valence-electron chi connectivity index (χ4n) is 2.55. The maximum absolute atomic E-state index is 10.2. The van der Waals surface area contributed by atoms with E-state index in [0.717, 1.165) is 37.0 Å². The standard InChI is InChI=1S/C15H18O3/c1-10-2-3-14-12(6-10)8-15(18-14)13(16)7-11-4-5-17-9-11/h2-3,6,8,11,13,16H,4-5,7,9H2,1H3. The molecule has 0 amide bonds. The van der Waals surface area contributed by atoms with Gasteiger partial charge in [0.2, 0.25) is 0 Å². The van der Waals surface area contributed by atoms with Crippen molar-refractivity contribution in [3.05, 3.63) is 35.6 Å². The van der Waals surface area contributed by atoms with Crippen LogP contribution in [0, 0.1) is 12.8 Å². The van der Waals surface area contributed by atoms with Crippen LogP contribution >= 0.6 is 0 Å². The Bertz CT molecular complexity index is 538. The summed E-state index contributed by atoms with van der Waals surface area (Å²) < 4.78 is 11.0. The molecule has 0 aliphatic carbocycles. The zero-order chi connectivity index (χ0) is 12.5. The number of aryl methyl sites for hydroxylation is 1. The lowest BCUT2D eigenvalue weighted by molar-refractivity contribution is 0.112. The first kappa shape index (κ1) is 11.8. The van der Waals surface area contributed by atoms with Crippen molar-refractivity contribution in [3.8, 4) is 0 Å². The molecule has 2 heterocycles. The lowest BCUT2D eigenvalue weighted by Crippen LogP contribution is -2.06. The first-order chi connectivity index (χ1) is 8.72. The number of aliphatic hydroxyl groups excluding tert-OH is 1. The molecule has 3 rings (SSSR count). The molecule has 2 unspecified atom stereocenters. The Morgan fingerprint density at radius 1 is 1.39 bits per heavy atom. The fourth-order valence-corrected chi connectivity index (χ4v) is 2.55. The molecule has 1 N–H and O–H groups in total. The van der Waals surface area contributed by atoms with Gasteiger partial charge in [-0.25, -0.2) is 0 Å². The highest BCUT2D eigenvalue weighted by Gasteiger charge is 2.22. The van der Waals surface area contributed by atoms with Gasteiger partial charge in [-0.15, -0.1) is 0 Å². The van der Waals surface area contributed by atoms with Crippen molar-refractivity contribution >= 4 is 11.0 Å². The van der Waals surface area contributed by atoms with E-state index in [2.05, 4.69) is 13.0 Å². The SMILES string of the molecule is Cc1ccc2oc(C(O)CC3CCOC3)cc2c1. The number of ether oxygens (including phenoxy) is 1. The van der Waals surface area contributed by atoms with Crippen molar-refractivity contribution in [1.29, 1.82) is 0 Å². The first-order valence-corrected chi connectivity index (χ1v) is 6.48. The van der Waals surface area contributed by atoms with Gasteiger partial charge in [0, 0.05) is 18.6 Å². The molecular formula is C15H18O3. The third-order valence-corrected chi connectivity index (χ3v) is 3.60. The van der Waals surface area contributed by atoms with Gasteiger partial charge in [-0.05, 0) is 43.9 Å². The molecule has 0 radical (unpaired) electrons. The van der Waals surface area contributed by atoms with Gasteiger partial charge < -0.3 is 14.3 Å². The van der Waals surface area contributed by atoms with Gasteiger partial charge in [0.05, 0.1) is 0 Å². The fraction of sp³-hybridized carbons (Fsp3) is 0.467. The average Bonchev–Trinajstić information content (AvgIpc) is 2.96. The monoisotopic (exact) mass is 246 g/mol. The van der Waals surface area contributed by atoms with Crippen LogP contribution in [0.3, 0.4) is 0 Å². The maximum Gasteiger partial charge on any atom is 0.134 e. The van der Waals surface area contributed by atoms with Crippen molar-refractivity contribution in [2.75, 3.05) is 13.2 Å². The molecule has 3 nitrogen and oxygen atoms in total. The van der Waals surface area contributed by atoms with Crippen LogP contribution in [-0.4, -0.2) is 18.3 Å². The summed E-state index contributed by atoms with van der Waals surface area (Å²) in [4.78, 5) is 0. The van der Waals surface area contributed by atoms with Gasteiger partial charge in [0.25, 0.3) is 0 Å². The van der Waals surface area contributed by atoms with Crippen molar-refractivity contribution in [2.45, 2.75) is 25.9 Å². The molecule has 2 atom stereocenters. The third kappa shape index (κ3) is 2.28. The van der Waals surface area contributed by atoms with E-state index in [1.54, 1.807) is 0 Å². The van der Waals surface area contributed by atoms with Crippen LogP contribution in [0.15, 0.2) is 28.7 Å². The number of hydrogen-bond acceptors (Lipinski definition) is 3. The Hall–Kier alpha value is -1.32. The topological polar surface area (TPSA) is 42.6 Å². The zero-order valence-corrected chi connectivity index (χ0v) is 10.6. The largest absolute Gasteiger partial charge is 0.458 e. The van der Waals surface area contributed by atoms with E-state index in [1.165, 1.54) is 5.56 Å². The summed E-state index contributed by atoms with van der Waals surface area (Å²) in [7, 11) is 0. The van der Waals surface area contributed by atoms with Gasteiger partial charge in [-0.2, -0.15) is 0 Å². The van der Waals surface area contributed by atoms with Gasteiger partial charge in [0.15, 0.2) is 0 Å². The average molecular weight is 246 g/mol. The second kappa shape index (κ2) is 4.75. The minimum atomic E-state index is -0.524. The third-order valence-electron chi connectivity index (χ3n) is 3.60. The first-order valence-electron chi connectivity index (χ1n) is 6.48. The zero-order valence-electron chi connectivity index (χ0n) is 10.6. The molecule has 1 fully saturated rings. The predicted molar refractivity (Wildman–Crippen MR) is 69.5 cm³/mol. The summed E-state index contributed by atoms with van der Waals surface area (Å²) in [5, 5.41) is 11.3. The highest BCUT2D eigenvalue weighted by Crippen LogP contribution is 2.30. The van der Waals surface area contributed by atoms with Crippen LogP contribution in [-0.2, 0) is 4.74 Å². The molecule has 1 aromatic carbocycles. The molecule has 96 valence electrons. The van der Waals surface area contributed by atoms with Gasteiger partial charge in [-0.3, -0.25) is 0 Å². The summed E-state index contributed by atoms with van der Waals surface area (Å²) in [6.07, 6.45) is 1.24. The Kier molecular flexibility index (Phi) is 3.10. The minimum absolute atomic E-state index is 0.454. The van der Waals surface area contributed by atoms with E-state index in [-0.39, 0.29) is 0 Å². The number of furan rings is 1. The van der Waals surface area contributed by atoms with Crippen LogP contribution < -0.4 is 0 Å². The van der Waals surface area contributed by atoms with E-state index in [0.29, 0.717) is 11.7 Å². The van der Waals surface area contributed by atoms with Crippen LogP contribution in [0.4, 0.5) is 0 Å². The Morgan fingerprint density at radius 2 is 2.28 bits per heavy atom. The van der Waals surface area contributed by atoms with Crippen LogP contribution in [0.5, 0.6) is 0 Å². The summed E-state index contributed by atoms with van der Waals surface area (Å²) in [6.45, 7) is 3.63. The summed E-state index contributed by atoms with van der Waals surface area (Å²) in [5.74, 6) is 1.12. The number of fused-ring (bicyclic) bond motifs is 1. The second-order valence-electron chi connectivity index (χ2n) is 5.17. The molecule has 0 bridgehead atoms. The van der Waals surface area contributed by atoms with E-state index in [9.17, 15) is 5.11 Å². The number of aliphatic hydroxyl groups is 1. The van der Waals surface area contributed by atoms with Gasteiger partial charge in [0.1, 0.15) is 17.4 Å². The van der Waals surface area contributed by atoms with Crippen LogP contribution in [0.25, 0.3) is 11.0 Å². The summed E-state index contributed by atoms with van der Waals surface area (Å²) >= 11 is 0. The smallest absolute Gasteiger partial charge is 0.134 e.